The smallest absolute Gasteiger partial charge is 0.391 e. The molecular formula is C41H82NO11P. The van der Waals surface area contributed by atoms with Gasteiger partial charge < -0.3 is 40.8 Å². The van der Waals surface area contributed by atoms with E-state index in [-0.39, 0.29) is 12.3 Å². The third kappa shape index (κ3) is 24.2. The molecule has 8 N–H and O–H groups in total. The van der Waals surface area contributed by atoms with Crippen LogP contribution in [0.25, 0.3) is 0 Å². The molecule has 0 heterocycles. The van der Waals surface area contributed by atoms with Gasteiger partial charge in [0.15, 0.2) is 0 Å². The van der Waals surface area contributed by atoms with Crippen LogP contribution in [-0.2, 0) is 18.4 Å². The van der Waals surface area contributed by atoms with E-state index in [1.54, 1.807) is 0 Å². The van der Waals surface area contributed by atoms with Gasteiger partial charge in [-0.1, -0.05) is 181 Å². The first-order chi connectivity index (χ1) is 25.9. The van der Waals surface area contributed by atoms with Gasteiger partial charge in [-0.05, 0) is 12.8 Å². The summed E-state index contributed by atoms with van der Waals surface area (Å²) in [6.07, 6.45) is 19.9. The second kappa shape index (κ2) is 32.3. The second-order valence-corrected chi connectivity index (χ2v) is 17.3. The van der Waals surface area contributed by atoms with Gasteiger partial charge in [0.1, 0.15) is 36.6 Å². The Hall–Kier alpha value is -0.660. The Morgan fingerprint density at radius 1 is 0.556 bits per heavy atom. The highest BCUT2D eigenvalue weighted by molar-refractivity contribution is 7.47. The van der Waals surface area contributed by atoms with Gasteiger partial charge in [-0.2, -0.15) is 0 Å². The molecule has 0 spiro atoms. The van der Waals surface area contributed by atoms with Gasteiger partial charge in [0.2, 0.25) is 5.91 Å². The molecule has 13 heteroatoms. The first-order valence-corrected chi connectivity index (χ1v) is 23.5. The number of rotatable bonds is 36. The largest absolute Gasteiger partial charge is 0.472 e. The minimum atomic E-state index is -5.04. The topological polar surface area (TPSA) is 206 Å². The van der Waals surface area contributed by atoms with Gasteiger partial charge in [0.05, 0.1) is 18.8 Å². The molecule has 0 aromatic heterocycles. The fourth-order valence-electron chi connectivity index (χ4n) is 7.26. The number of nitrogens with one attached hydrogen (secondary N) is 1. The fraction of sp³-hybridized carbons (Fsp3) is 0.976. The molecule has 0 aromatic rings. The van der Waals surface area contributed by atoms with Crippen LogP contribution in [-0.4, -0.2) is 96.8 Å². The summed E-state index contributed by atoms with van der Waals surface area (Å²) in [5.74, 6) is -0.307. The molecule has 322 valence electrons. The number of phosphoric ester groups is 1. The summed E-state index contributed by atoms with van der Waals surface area (Å²) >= 11 is 0. The molecule has 0 radical (unpaired) electrons. The van der Waals surface area contributed by atoms with Crippen molar-refractivity contribution in [2.24, 2.45) is 0 Å². The Kier molecular flexibility index (Phi) is 30.7. The van der Waals surface area contributed by atoms with E-state index in [9.17, 15) is 44.9 Å². The maximum atomic E-state index is 12.9. The number of aliphatic hydroxyl groups is 6. The molecule has 1 saturated carbocycles. The maximum Gasteiger partial charge on any atom is 0.472 e. The highest BCUT2D eigenvalue weighted by Gasteiger charge is 2.51. The molecule has 1 aliphatic rings. The lowest BCUT2D eigenvalue weighted by Gasteiger charge is -2.41. The molecule has 0 bridgehead atoms. The summed E-state index contributed by atoms with van der Waals surface area (Å²) in [6.45, 7) is 3.88. The van der Waals surface area contributed by atoms with Gasteiger partial charge >= 0.3 is 7.82 Å². The molecule has 0 aliphatic heterocycles. The van der Waals surface area contributed by atoms with Crippen molar-refractivity contribution in [3.63, 3.8) is 0 Å². The normalized spacial score (nSPS) is 23.9. The monoisotopic (exact) mass is 796 g/mol. The number of carbonyl (C=O) groups excluding carboxylic acids is 1. The molecule has 9 atom stereocenters. The van der Waals surface area contributed by atoms with Crippen LogP contribution in [0.2, 0.25) is 0 Å². The Bertz CT molecular complexity index is 931. The molecule has 1 fully saturated rings. The van der Waals surface area contributed by atoms with Gasteiger partial charge in [-0.15, -0.1) is 0 Å². The summed E-state index contributed by atoms with van der Waals surface area (Å²) in [6, 6.07) is -1.02. The Labute approximate surface area is 327 Å². The van der Waals surface area contributed by atoms with Crippen molar-refractivity contribution in [2.75, 3.05) is 6.61 Å². The third-order valence-electron chi connectivity index (χ3n) is 10.9. The minimum Gasteiger partial charge on any atom is -0.391 e. The summed E-state index contributed by atoms with van der Waals surface area (Å²) in [4.78, 5) is 23.3. The van der Waals surface area contributed by atoms with Crippen molar-refractivity contribution in [3.8, 4) is 0 Å². The average Bonchev–Trinajstić information content (AvgIpc) is 3.15. The maximum absolute atomic E-state index is 12.9. The number of carbonyl (C=O) groups is 1. The molecule has 1 amide bonds. The minimum absolute atomic E-state index is 0.242. The van der Waals surface area contributed by atoms with Crippen molar-refractivity contribution >= 4 is 13.7 Å². The van der Waals surface area contributed by atoms with Crippen LogP contribution < -0.4 is 5.32 Å². The van der Waals surface area contributed by atoms with E-state index in [0.717, 1.165) is 38.5 Å². The molecule has 6 unspecified atom stereocenters. The zero-order valence-electron chi connectivity index (χ0n) is 34.0. The quantitative estimate of drug-likeness (QED) is 0.0230. The van der Waals surface area contributed by atoms with E-state index < -0.39 is 63.2 Å². The second-order valence-electron chi connectivity index (χ2n) is 15.9. The van der Waals surface area contributed by atoms with Crippen LogP contribution >= 0.6 is 7.82 Å². The van der Waals surface area contributed by atoms with Gasteiger partial charge in [0, 0.05) is 6.42 Å². The zero-order valence-corrected chi connectivity index (χ0v) is 34.9. The molecule has 54 heavy (non-hydrogen) atoms. The van der Waals surface area contributed by atoms with E-state index >= 15 is 0 Å². The van der Waals surface area contributed by atoms with Crippen LogP contribution in [0.5, 0.6) is 0 Å². The van der Waals surface area contributed by atoms with Gasteiger partial charge in [-0.3, -0.25) is 13.8 Å². The van der Waals surface area contributed by atoms with Crippen LogP contribution in [0, 0.1) is 0 Å². The summed E-state index contributed by atoms with van der Waals surface area (Å²) in [5.41, 5.74) is 0. The van der Waals surface area contributed by atoms with Crippen molar-refractivity contribution in [2.45, 2.75) is 249 Å². The van der Waals surface area contributed by atoms with Crippen LogP contribution in [0.4, 0.5) is 0 Å². The number of amides is 1. The lowest BCUT2D eigenvalue weighted by atomic mass is 9.85. The molecule has 0 aromatic carbocycles. The number of unbranched alkanes of at least 4 members (excludes halogenated alkanes) is 25. The number of hydrogen-bond acceptors (Lipinski definition) is 10. The first-order valence-electron chi connectivity index (χ1n) is 22.0. The van der Waals surface area contributed by atoms with E-state index in [0.29, 0.717) is 19.3 Å². The molecule has 1 rings (SSSR count). The summed E-state index contributed by atoms with van der Waals surface area (Å²) in [5, 5.41) is 64.0. The predicted molar refractivity (Wildman–Crippen MR) is 214 cm³/mol. The first kappa shape index (κ1) is 51.4. The van der Waals surface area contributed by atoms with E-state index in [1.807, 2.05) is 0 Å². The SMILES string of the molecule is CCCCCCCCCCCCCCCC[C@@H](O)[C@H](COP(=O)(O)OC1C(O)C(O)C(O)[C@@H](O)C1O)NC(=O)CCCCCCCCCCCCCCC. The summed E-state index contributed by atoms with van der Waals surface area (Å²) < 4.78 is 22.9. The zero-order chi connectivity index (χ0) is 40.0. The number of aliphatic hydroxyl groups excluding tert-OH is 6. The van der Waals surface area contributed by atoms with Crippen molar-refractivity contribution in [3.05, 3.63) is 0 Å². The van der Waals surface area contributed by atoms with Gasteiger partial charge in [-0.25, -0.2) is 4.57 Å². The lowest BCUT2D eigenvalue weighted by molar-refractivity contribution is -0.220. The Morgan fingerprint density at radius 2 is 0.889 bits per heavy atom. The average molecular weight is 796 g/mol. The number of phosphoric acid groups is 1. The van der Waals surface area contributed by atoms with Crippen molar-refractivity contribution < 1.29 is 53.9 Å². The van der Waals surface area contributed by atoms with Gasteiger partial charge in [0.25, 0.3) is 0 Å². The van der Waals surface area contributed by atoms with E-state index in [4.69, 9.17) is 9.05 Å². The van der Waals surface area contributed by atoms with Crippen LogP contribution in [0.3, 0.4) is 0 Å². The fourth-order valence-corrected chi connectivity index (χ4v) is 8.23. The lowest BCUT2D eigenvalue weighted by Crippen LogP contribution is -2.64. The number of hydrogen-bond donors (Lipinski definition) is 8. The highest BCUT2D eigenvalue weighted by Crippen LogP contribution is 2.47. The molecule has 0 saturated heterocycles. The van der Waals surface area contributed by atoms with Crippen molar-refractivity contribution in [1.82, 2.24) is 5.32 Å². The Balaban J connectivity index is 2.50. The molecular weight excluding hydrogens is 713 g/mol. The highest BCUT2D eigenvalue weighted by atomic mass is 31.2. The van der Waals surface area contributed by atoms with Crippen molar-refractivity contribution in [1.29, 1.82) is 0 Å². The third-order valence-corrected chi connectivity index (χ3v) is 11.9. The molecule has 12 nitrogen and oxygen atoms in total. The predicted octanol–water partition coefficient (Wildman–Crippen LogP) is 7.51. The Morgan fingerprint density at radius 3 is 1.28 bits per heavy atom. The van der Waals surface area contributed by atoms with Crippen LogP contribution in [0.15, 0.2) is 0 Å². The van der Waals surface area contributed by atoms with E-state index in [2.05, 4.69) is 19.2 Å². The van der Waals surface area contributed by atoms with Crippen LogP contribution in [0.1, 0.15) is 200 Å². The van der Waals surface area contributed by atoms with E-state index in [1.165, 1.54) is 122 Å². The molecule has 1 aliphatic carbocycles. The summed E-state index contributed by atoms with van der Waals surface area (Å²) in [7, 11) is -5.04. The standard InChI is InChI=1S/C41H82NO11P/c1-3-5-7-9-11-13-15-17-19-20-22-24-26-28-30-34(43)33(32-52-54(50,51)53-41-39(48)37(46)36(45)38(47)40(41)49)42-35(44)31-29-27-25-23-21-18-16-14-12-10-8-6-4-2/h33-34,36-41,43,45-49H,3-32H2,1-2H3,(H,42,44)(H,50,51)/t33-,34+,36?,37+,38?,39?,40?,41?/m0/s1.